The van der Waals surface area contributed by atoms with Gasteiger partial charge in [0.05, 0.1) is 0 Å². The highest BCUT2D eigenvalue weighted by Crippen LogP contribution is 1.97. The minimum Gasteiger partial charge on any atom is -0.381 e. The number of hydrogen-bond donors (Lipinski definition) is 0. The van der Waals surface area contributed by atoms with Crippen LogP contribution >= 0.6 is 0 Å². The van der Waals surface area contributed by atoms with Crippen LogP contribution in [-0.2, 0) is 9.53 Å². The number of carbonyl (C=O) groups is 1. The summed E-state index contributed by atoms with van der Waals surface area (Å²) in [6.45, 7) is 6.79. The van der Waals surface area contributed by atoms with Crippen molar-refractivity contribution in [2.75, 3.05) is 13.2 Å². The van der Waals surface area contributed by atoms with Crippen LogP contribution in [0.1, 0.15) is 39.0 Å². The van der Waals surface area contributed by atoms with Gasteiger partial charge in [-0.3, -0.25) is 0 Å². The first-order valence-electron chi connectivity index (χ1n) is 4.95. The molecule has 0 saturated heterocycles. The molecule has 0 atom stereocenters. The number of ether oxygens (including phenoxy) is 1. The third kappa shape index (κ3) is 11.4. The van der Waals surface area contributed by atoms with Crippen molar-refractivity contribution in [2.24, 2.45) is 0 Å². The molecular formula is C11H20O2. The van der Waals surface area contributed by atoms with E-state index in [1.165, 1.54) is 0 Å². The second-order valence-corrected chi connectivity index (χ2v) is 3.20. The summed E-state index contributed by atoms with van der Waals surface area (Å²) < 4.78 is 5.34. The van der Waals surface area contributed by atoms with Gasteiger partial charge < -0.3 is 9.53 Å². The number of Topliss-reactive ketones (excluding diaryl/α,β-unsaturated/α-hetero) is 1. The van der Waals surface area contributed by atoms with Gasteiger partial charge in [0.1, 0.15) is 5.78 Å². The topological polar surface area (TPSA) is 26.3 Å². The molecule has 0 aromatic rings. The molecule has 0 amide bonds. The summed E-state index contributed by atoms with van der Waals surface area (Å²) in [5.74, 6) is 0.246. The van der Waals surface area contributed by atoms with E-state index in [0.29, 0.717) is 13.0 Å². The van der Waals surface area contributed by atoms with Crippen LogP contribution in [0.3, 0.4) is 0 Å². The SMILES string of the molecule is C=CCCCCOCCCC(C)=O. The molecular weight excluding hydrogens is 164 g/mol. The summed E-state index contributed by atoms with van der Waals surface area (Å²) in [6, 6.07) is 0. The van der Waals surface area contributed by atoms with Gasteiger partial charge >= 0.3 is 0 Å². The lowest BCUT2D eigenvalue weighted by atomic mass is 10.2. The maximum absolute atomic E-state index is 10.6. The Hall–Kier alpha value is -0.630. The average molecular weight is 184 g/mol. The number of rotatable bonds is 9. The van der Waals surface area contributed by atoms with Crippen molar-refractivity contribution >= 4 is 5.78 Å². The first-order valence-corrected chi connectivity index (χ1v) is 4.95. The third-order valence-electron chi connectivity index (χ3n) is 1.76. The van der Waals surface area contributed by atoms with E-state index in [2.05, 4.69) is 6.58 Å². The molecule has 0 unspecified atom stereocenters. The fourth-order valence-corrected chi connectivity index (χ4v) is 1.02. The highest BCUT2D eigenvalue weighted by molar-refractivity contribution is 5.75. The van der Waals surface area contributed by atoms with Crippen molar-refractivity contribution in [3.8, 4) is 0 Å². The minimum absolute atomic E-state index is 0.246. The molecule has 0 aliphatic heterocycles. The molecule has 0 heterocycles. The van der Waals surface area contributed by atoms with Crippen LogP contribution < -0.4 is 0 Å². The summed E-state index contributed by atoms with van der Waals surface area (Å²) in [5.41, 5.74) is 0. The summed E-state index contributed by atoms with van der Waals surface area (Å²) in [7, 11) is 0. The fourth-order valence-electron chi connectivity index (χ4n) is 1.02. The van der Waals surface area contributed by atoms with E-state index in [1.807, 2.05) is 6.08 Å². The highest BCUT2D eigenvalue weighted by Gasteiger charge is 1.93. The second-order valence-electron chi connectivity index (χ2n) is 3.20. The van der Waals surface area contributed by atoms with E-state index in [-0.39, 0.29) is 5.78 Å². The van der Waals surface area contributed by atoms with Gasteiger partial charge in [0, 0.05) is 19.6 Å². The van der Waals surface area contributed by atoms with E-state index < -0.39 is 0 Å². The van der Waals surface area contributed by atoms with Gasteiger partial charge in [0.2, 0.25) is 0 Å². The molecule has 2 nitrogen and oxygen atoms in total. The largest absolute Gasteiger partial charge is 0.381 e. The Bertz CT molecular complexity index is 141. The molecule has 0 N–H and O–H groups in total. The molecule has 76 valence electrons. The van der Waals surface area contributed by atoms with Crippen molar-refractivity contribution in [3.05, 3.63) is 12.7 Å². The van der Waals surface area contributed by atoms with Crippen molar-refractivity contribution in [2.45, 2.75) is 39.0 Å². The standard InChI is InChI=1S/C11H20O2/c1-3-4-5-6-9-13-10-7-8-11(2)12/h3H,1,4-10H2,2H3. The lowest BCUT2D eigenvalue weighted by molar-refractivity contribution is -0.117. The zero-order valence-electron chi connectivity index (χ0n) is 8.55. The fraction of sp³-hybridized carbons (Fsp3) is 0.727. The lowest BCUT2D eigenvalue weighted by Gasteiger charge is -2.01. The van der Waals surface area contributed by atoms with Gasteiger partial charge in [-0.15, -0.1) is 6.58 Å². The van der Waals surface area contributed by atoms with Crippen molar-refractivity contribution in [3.63, 3.8) is 0 Å². The van der Waals surface area contributed by atoms with Crippen molar-refractivity contribution in [1.29, 1.82) is 0 Å². The first-order chi connectivity index (χ1) is 6.27. The zero-order valence-corrected chi connectivity index (χ0v) is 8.55. The lowest BCUT2D eigenvalue weighted by Crippen LogP contribution is -1.99. The first kappa shape index (κ1) is 12.4. The number of hydrogen-bond acceptors (Lipinski definition) is 2. The summed E-state index contributed by atoms with van der Waals surface area (Å²) >= 11 is 0. The van der Waals surface area contributed by atoms with E-state index in [1.54, 1.807) is 6.92 Å². The Morgan fingerprint density at radius 1 is 1.31 bits per heavy atom. The second kappa shape index (κ2) is 9.46. The predicted octanol–water partition coefficient (Wildman–Crippen LogP) is 2.73. The monoisotopic (exact) mass is 184 g/mol. The molecule has 0 fully saturated rings. The van der Waals surface area contributed by atoms with Crippen LogP contribution in [0.15, 0.2) is 12.7 Å². The molecule has 0 radical (unpaired) electrons. The normalized spacial score (nSPS) is 9.92. The van der Waals surface area contributed by atoms with E-state index in [4.69, 9.17) is 4.74 Å². The predicted molar refractivity (Wildman–Crippen MR) is 54.8 cm³/mol. The summed E-state index contributed by atoms with van der Waals surface area (Å²) in [6.07, 6.45) is 6.73. The summed E-state index contributed by atoms with van der Waals surface area (Å²) in [4.78, 5) is 10.6. The molecule has 0 aliphatic rings. The molecule has 0 aliphatic carbocycles. The number of carbonyl (C=O) groups excluding carboxylic acids is 1. The molecule has 0 saturated carbocycles. The van der Waals surface area contributed by atoms with Crippen molar-refractivity contribution < 1.29 is 9.53 Å². The maximum atomic E-state index is 10.6. The Kier molecular flexibility index (Phi) is 9.00. The molecule has 2 heteroatoms. The van der Waals surface area contributed by atoms with Crippen LogP contribution in [-0.4, -0.2) is 19.0 Å². The van der Waals surface area contributed by atoms with Gasteiger partial charge in [0.15, 0.2) is 0 Å². The van der Waals surface area contributed by atoms with Crippen LogP contribution in [0.4, 0.5) is 0 Å². The van der Waals surface area contributed by atoms with E-state index in [0.717, 1.165) is 32.3 Å². The number of ketones is 1. The van der Waals surface area contributed by atoms with Crippen LogP contribution in [0, 0.1) is 0 Å². The number of allylic oxidation sites excluding steroid dienone is 1. The third-order valence-corrected chi connectivity index (χ3v) is 1.76. The Labute approximate surface area is 81.0 Å². The zero-order chi connectivity index (χ0) is 9.94. The molecule has 0 aromatic heterocycles. The number of unbranched alkanes of at least 4 members (excludes halogenated alkanes) is 2. The quantitative estimate of drug-likeness (QED) is 0.407. The van der Waals surface area contributed by atoms with Crippen LogP contribution in [0.5, 0.6) is 0 Å². The van der Waals surface area contributed by atoms with Crippen molar-refractivity contribution in [1.82, 2.24) is 0 Å². The molecule has 0 bridgehead atoms. The van der Waals surface area contributed by atoms with E-state index >= 15 is 0 Å². The molecule has 0 rings (SSSR count). The van der Waals surface area contributed by atoms with Gasteiger partial charge in [-0.2, -0.15) is 0 Å². The highest BCUT2D eigenvalue weighted by atomic mass is 16.5. The molecule has 0 spiro atoms. The maximum Gasteiger partial charge on any atom is 0.129 e. The minimum atomic E-state index is 0.246. The average Bonchev–Trinajstić information content (AvgIpc) is 2.09. The summed E-state index contributed by atoms with van der Waals surface area (Å²) in [5, 5.41) is 0. The van der Waals surface area contributed by atoms with Gasteiger partial charge in [-0.05, 0) is 32.6 Å². The van der Waals surface area contributed by atoms with Gasteiger partial charge in [0.25, 0.3) is 0 Å². The Morgan fingerprint density at radius 3 is 2.62 bits per heavy atom. The molecule has 13 heavy (non-hydrogen) atoms. The van der Waals surface area contributed by atoms with Crippen LogP contribution in [0.25, 0.3) is 0 Å². The van der Waals surface area contributed by atoms with E-state index in [9.17, 15) is 4.79 Å². The molecule has 0 aromatic carbocycles. The van der Waals surface area contributed by atoms with Gasteiger partial charge in [-0.1, -0.05) is 6.08 Å². The smallest absolute Gasteiger partial charge is 0.129 e. The Balaban J connectivity index is 2.91. The van der Waals surface area contributed by atoms with Crippen LogP contribution in [0.2, 0.25) is 0 Å². The van der Waals surface area contributed by atoms with Gasteiger partial charge in [-0.25, -0.2) is 0 Å². The Morgan fingerprint density at radius 2 is 2.00 bits per heavy atom.